The van der Waals surface area contributed by atoms with E-state index in [-0.39, 0.29) is 12.5 Å². The maximum atomic E-state index is 12.2. The minimum atomic E-state index is -0.287. The quantitative estimate of drug-likeness (QED) is 0.753. The van der Waals surface area contributed by atoms with Gasteiger partial charge in [-0.2, -0.15) is 0 Å². The molecule has 0 spiro atoms. The summed E-state index contributed by atoms with van der Waals surface area (Å²) in [6.45, 7) is 4.71. The maximum absolute atomic E-state index is 12.2. The zero-order valence-corrected chi connectivity index (χ0v) is 14.7. The summed E-state index contributed by atoms with van der Waals surface area (Å²) < 4.78 is 21.6. The summed E-state index contributed by atoms with van der Waals surface area (Å²) in [6, 6.07) is 12.3. The van der Waals surface area contributed by atoms with Gasteiger partial charge in [0.15, 0.2) is 6.61 Å². The van der Waals surface area contributed by atoms with Crippen molar-refractivity contribution >= 4 is 11.6 Å². The molecule has 6 nitrogen and oxygen atoms in total. The third kappa shape index (κ3) is 5.60. The first-order chi connectivity index (χ1) is 12.2. The van der Waals surface area contributed by atoms with Crippen LogP contribution >= 0.6 is 0 Å². The Bertz CT molecular complexity index is 685. The van der Waals surface area contributed by atoms with Gasteiger partial charge in [-0.25, -0.2) is 0 Å². The average molecular weight is 345 g/mol. The van der Waals surface area contributed by atoms with Crippen molar-refractivity contribution in [2.45, 2.75) is 13.8 Å². The van der Waals surface area contributed by atoms with Gasteiger partial charge in [0.05, 0.1) is 26.0 Å². The van der Waals surface area contributed by atoms with Crippen molar-refractivity contribution in [1.29, 1.82) is 0 Å². The number of hydrogen-bond donors (Lipinski definition) is 1. The molecule has 0 saturated heterocycles. The molecule has 0 aliphatic carbocycles. The van der Waals surface area contributed by atoms with Crippen molar-refractivity contribution in [3.05, 3.63) is 42.5 Å². The van der Waals surface area contributed by atoms with Gasteiger partial charge >= 0.3 is 0 Å². The van der Waals surface area contributed by atoms with Crippen LogP contribution in [0.15, 0.2) is 42.5 Å². The molecular weight excluding hydrogens is 322 g/mol. The van der Waals surface area contributed by atoms with E-state index < -0.39 is 0 Å². The van der Waals surface area contributed by atoms with Crippen molar-refractivity contribution in [1.82, 2.24) is 0 Å². The van der Waals surface area contributed by atoms with Gasteiger partial charge in [-0.1, -0.05) is 0 Å². The highest BCUT2D eigenvalue weighted by Crippen LogP contribution is 2.29. The van der Waals surface area contributed by atoms with Crippen LogP contribution in [0.5, 0.6) is 23.0 Å². The lowest BCUT2D eigenvalue weighted by Gasteiger charge is -2.14. The van der Waals surface area contributed by atoms with Crippen LogP contribution in [0, 0.1) is 0 Å². The fourth-order valence-corrected chi connectivity index (χ4v) is 2.15. The average Bonchev–Trinajstić information content (AvgIpc) is 2.63. The van der Waals surface area contributed by atoms with Crippen molar-refractivity contribution in [2.24, 2.45) is 0 Å². The molecule has 0 aliphatic rings. The van der Waals surface area contributed by atoms with Crippen LogP contribution in [0.3, 0.4) is 0 Å². The molecule has 0 atom stereocenters. The molecule has 0 heterocycles. The van der Waals surface area contributed by atoms with Gasteiger partial charge in [-0.15, -0.1) is 0 Å². The summed E-state index contributed by atoms with van der Waals surface area (Å²) in [6.07, 6.45) is 0. The van der Waals surface area contributed by atoms with Gasteiger partial charge in [0.2, 0.25) is 0 Å². The highest BCUT2D eigenvalue weighted by atomic mass is 16.5. The number of rotatable bonds is 9. The number of ether oxygens (including phenoxy) is 4. The van der Waals surface area contributed by atoms with Crippen molar-refractivity contribution in [2.75, 3.05) is 32.2 Å². The Hall–Kier alpha value is -2.89. The molecule has 2 aromatic rings. The Morgan fingerprint density at radius 2 is 1.52 bits per heavy atom. The lowest BCUT2D eigenvalue weighted by molar-refractivity contribution is -0.118. The third-order valence-corrected chi connectivity index (χ3v) is 3.27. The molecule has 2 aromatic carbocycles. The molecule has 6 heteroatoms. The van der Waals surface area contributed by atoms with E-state index in [1.165, 1.54) is 0 Å². The van der Waals surface area contributed by atoms with Crippen LogP contribution in [0.25, 0.3) is 0 Å². The van der Waals surface area contributed by atoms with Crippen LogP contribution < -0.4 is 24.3 Å². The van der Waals surface area contributed by atoms with Gasteiger partial charge in [-0.3, -0.25) is 4.79 Å². The second-order valence-corrected chi connectivity index (χ2v) is 5.04. The van der Waals surface area contributed by atoms with E-state index in [4.69, 9.17) is 18.9 Å². The summed E-state index contributed by atoms with van der Waals surface area (Å²) in [5.74, 6) is 2.28. The van der Waals surface area contributed by atoms with Crippen LogP contribution in [0.2, 0.25) is 0 Å². The molecule has 0 bridgehead atoms. The second kappa shape index (κ2) is 9.42. The third-order valence-electron chi connectivity index (χ3n) is 3.27. The van der Waals surface area contributed by atoms with E-state index in [2.05, 4.69) is 5.32 Å². The molecule has 0 saturated carbocycles. The fourth-order valence-electron chi connectivity index (χ4n) is 2.15. The lowest BCUT2D eigenvalue weighted by atomic mass is 10.2. The highest BCUT2D eigenvalue weighted by molar-refractivity contribution is 5.93. The normalized spacial score (nSPS) is 10.0. The number of methoxy groups -OCH3 is 1. The Morgan fingerprint density at radius 1 is 0.880 bits per heavy atom. The molecule has 25 heavy (non-hydrogen) atoms. The van der Waals surface area contributed by atoms with Crippen LogP contribution in [0.4, 0.5) is 5.69 Å². The lowest BCUT2D eigenvalue weighted by Crippen LogP contribution is -2.20. The second-order valence-electron chi connectivity index (χ2n) is 5.04. The molecule has 0 unspecified atom stereocenters. The first kappa shape index (κ1) is 18.4. The zero-order valence-electron chi connectivity index (χ0n) is 14.7. The van der Waals surface area contributed by atoms with Crippen LogP contribution in [-0.4, -0.2) is 32.8 Å². The van der Waals surface area contributed by atoms with E-state index in [1.807, 2.05) is 13.8 Å². The van der Waals surface area contributed by atoms with Crippen molar-refractivity contribution in [3.8, 4) is 23.0 Å². The van der Waals surface area contributed by atoms with Crippen molar-refractivity contribution < 1.29 is 23.7 Å². The van der Waals surface area contributed by atoms with Gasteiger partial charge in [-0.05, 0) is 50.2 Å². The summed E-state index contributed by atoms with van der Waals surface area (Å²) in [7, 11) is 1.59. The molecule has 0 aliphatic heterocycles. The van der Waals surface area contributed by atoms with Gasteiger partial charge in [0.1, 0.15) is 23.0 Å². The monoisotopic (exact) mass is 345 g/mol. The molecule has 0 radical (unpaired) electrons. The molecule has 0 aromatic heterocycles. The van der Waals surface area contributed by atoms with E-state index in [1.54, 1.807) is 49.6 Å². The summed E-state index contributed by atoms with van der Waals surface area (Å²) in [4.78, 5) is 12.2. The summed E-state index contributed by atoms with van der Waals surface area (Å²) >= 11 is 0. The fraction of sp³-hybridized carbons (Fsp3) is 0.316. The number of benzene rings is 2. The number of nitrogens with one attached hydrogen (secondary N) is 1. The number of carbonyl (C=O) groups is 1. The largest absolute Gasteiger partial charge is 0.497 e. The summed E-state index contributed by atoms with van der Waals surface area (Å²) in [5, 5.41) is 2.79. The number of anilines is 1. The van der Waals surface area contributed by atoms with E-state index >= 15 is 0 Å². The first-order valence-electron chi connectivity index (χ1n) is 8.12. The Balaban J connectivity index is 1.99. The standard InChI is InChI=1S/C19H23NO5/c1-4-23-16-10-11-18(24-5-2)17(12-16)20-19(21)13-25-15-8-6-14(22-3)7-9-15/h6-12H,4-5,13H2,1-3H3,(H,20,21). The molecule has 0 fully saturated rings. The first-order valence-corrected chi connectivity index (χ1v) is 8.12. The Morgan fingerprint density at radius 3 is 2.16 bits per heavy atom. The number of carbonyl (C=O) groups excluding carboxylic acids is 1. The molecule has 1 amide bonds. The predicted octanol–water partition coefficient (Wildman–Crippen LogP) is 3.51. The molecule has 2 rings (SSSR count). The van der Waals surface area contributed by atoms with Gasteiger partial charge in [0, 0.05) is 6.07 Å². The van der Waals surface area contributed by atoms with Gasteiger partial charge < -0.3 is 24.3 Å². The Labute approximate surface area is 147 Å². The van der Waals surface area contributed by atoms with Crippen LogP contribution in [0.1, 0.15) is 13.8 Å². The minimum Gasteiger partial charge on any atom is -0.497 e. The Kier molecular flexibility index (Phi) is 6.95. The minimum absolute atomic E-state index is 0.114. The number of hydrogen-bond acceptors (Lipinski definition) is 5. The highest BCUT2D eigenvalue weighted by Gasteiger charge is 2.10. The predicted molar refractivity (Wildman–Crippen MR) is 95.9 cm³/mol. The number of amides is 1. The zero-order chi connectivity index (χ0) is 18.1. The van der Waals surface area contributed by atoms with E-state index in [0.717, 1.165) is 5.75 Å². The molecule has 134 valence electrons. The van der Waals surface area contributed by atoms with Gasteiger partial charge in [0.25, 0.3) is 5.91 Å². The topological polar surface area (TPSA) is 66.0 Å². The van der Waals surface area contributed by atoms with E-state index in [0.29, 0.717) is 36.1 Å². The van der Waals surface area contributed by atoms with E-state index in [9.17, 15) is 4.79 Å². The summed E-state index contributed by atoms with van der Waals surface area (Å²) in [5.41, 5.74) is 0.552. The smallest absolute Gasteiger partial charge is 0.262 e. The SMILES string of the molecule is CCOc1ccc(OCC)c(NC(=O)COc2ccc(OC)cc2)c1. The maximum Gasteiger partial charge on any atom is 0.262 e. The molecular formula is C19H23NO5. The van der Waals surface area contributed by atoms with Crippen LogP contribution in [-0.2, 0) is 4.79 Å². The van der Waals surface area contributed by atoms with Crippen molar-refractivity contribution in [3.63, 3.8) is 0 Å². The molecule has 1 N–H and O–H groups in total.